The summed E-state index contributed by atoms with van der Waals surface area (Å²) < 4.78 is 13.5. The summed E-state index contributed by atoms with van der Waals surface area (Å²) in [7, 11) is 0. The van der Waals surface area contributed by atoms with Gasteiger partial charge in [0.1, 0.15) is 5.82 Å². The Hall–Kier alpha value is -2.21. The van der Waals surface area contributed by atoms with E-state index in [4.69, 9.17) is 0 Å². The lowest BCUT2D eigenvalue weighted by Crippen LogP contribution is -2.50. The van der Waals surface area contributed by atoms with Crippen LogP contribution in [0.2, 0.25) is 0 Å². The average molecular weight is 319 g/mol. The molecule has 0 aliphatic carbocycles. The van der Waals surface area contributed by atoms with Crippen LogP contribution in [0.3, 0.4) is 0 Å². The molecule has 1 aliphatic heterocycles. The van der Waals surface area contributed by atoms with Gasteiger partial charge in [-0.1, -0.05) is 18.2 Å². The highest BCUT2D eigenvalue weighted by molar-refractivity contribution is 5.91. The maximum absolute atomic E-state index is 13.5. The molecule has 0 unspecified atom stereocenters. The predicted octanol–water partition coefficient (Wildman–Crippen LogP) is 1.12. The lowest BCUT2D eigenvalue weighted by molar-refractivity contribution is -0.128. The van der Waals surface area contributed by atoms with Crippen LogP contribution in [0.5, 0.6) is 0 Å². The summed E-state index contributed by atoms with van der Waals surface area (Å²) in [5, 5.41) is 2.76. The zero-order valence-electron chi connectivity index (χ0n) is 13.3. The molecule has 1 heterocycles. The van der Waals surface area contributed by atoms with Crippen molar-refractivity contribution in [1.29, 1.82) is 0 Å². The zero-order chi connectivity index (χ0) is 16.7. The van der Waals surface area contributed by atoms with Gasteiger partial charge in [0.15, 0.2) is 0 Å². The van der Waals surface area contributed by atoms with E-state index in [0.717, 1.165) is 0 Å². The van der Waals surface area contributed by atoms with E-state index in [1.165, 1.54) is 18.2 Å². The largest absolute Gasteiger partial charge is 0.355 e. The molecule has 6 heteroatoms. The normalized spacial score (nSPS) is 15.8. The van der Waals surface area contributed by atoms with Gasteiger partial charge in [0.2, 0.25) is 11.8 Å². The summed E-state index contributed by atoms with van der Waals surface area (Å²) in [6, 6.07) is 6.34. The van der Waals surface area contributed by atoms with Gasteiger partial charge in [-0.3, -0.25) is 14.5 Å². The molecule has 1 aromatic rings. The monoisotopic (exact) mass is 319 g/mol. The quantitative estimate of drug-likeness (QED) is 0.828. The van der Waals surface area contributed by atoms with Crippen LogP contribution in [0.15, 0.2) is 30.3 Å². The van der Waals surface area contributed by atoms with Gasteiger partial charge in [-0.05, 0) is 19.1 Å². The number of nitrogens with zero attached hydrogens (tertiary/aromatic N) is 2. The first-order valence-corrected chi connectivity index (χ1v) is 7.80. The average Bonchev–Trinajstić information content (AvgIpc) is 2.55. The zero-order valence-corrected chi connectivity index (χ0v) is 13.3. The Morgan fingerprint density at radius 2 is 1.91 bits per heavy atom. The molecular formula is C17H22FN3O2. The maximum atomic E-state index is 13.5. The fourth-order valence-electron chi connectivity index (χ4n) is 2.46. The number of halogens is 1. The van der Waals surface area contributed by atoms with E-state index in [1.54, 1.807) is 23.1 Å². The molecule has 0 radical (unpaired) electrons. The van der Waals surface area contributed by atoms with Crippen LogP contribution in [0, 0.1) is 5.82 Å². The summed E-state index contributed by atoms with van der Waals surface area (Å²) in [5.74, 6) is -0.471. The van der Waals surface area contributed by atoms with Gasteiger partial charge in [-0.15, -0.1) is 0 Å². The Bertz CT molecular complexity index is 581. The van der Waals surface area contributed by atoms with Crippen molar-refractivity contribution in [3.63, 3.8) is 0 Å². The number of hydrogen-bond acceptors (Lipinski definition) is 3. The molecule has 124 valence electrons. The van der Waals surface area contributed by atoms with Gasteiger partial charge >= 0.3 is 0 Å². The van der Waals surface area contributed by atoms with Gasteiger partial charge in [0.05, 0.1) is 6.54 Å². The Labute approximate surface area is 135 Å². The SMILES string of the molecule is CCNC(=O)CN1CCN(C(=O)/C=C/c2ccccc2F)CC1. The van der Waals surface area contributed by atoms with E-state index in [2.05, 4.69) is 5.32 Å². The first-order valence-electron chi connectivity index (χ1n) is 7.80. The van der Waals surface area contributed by atoms with Crippen LogP contribution in [0.25, 0.3) is 6.08 Å². The second-order valence-electron chi connectivity index (χ2n) is 5.41. The number of carbonyl (C=O) groups excluding carboxylic acids is 2. The maximum Gasteiger partial charge on any atom is 0.246 e. The van der Waals surface area contributed by atoms with E-state index in [-0.39, 0.29) is 17.6 Å². The van der Waals surface area contributed by atoms with Crippen LogP contribution in [0.1, 0.15) is 12.5 Å². The second kappa shape index (κ2) is 8.43. The molecule has 0 bridgehead atoms. The summed E-state index contributed by atoms with van der Waals surface area (Å²) in [5.41, 5.74) is 0.399. The highest BCUT2D eigenvalue weighted by Gasteiger charge is 2.20. The smallest absolute Gasteiger partial charge is 0.246 e. The molecule has 1 saturated heterocycles. The van der Waals surface area contributed by atoms with Gasteiger partial charge < -0.3 is 10.2 Å². The fraction of sp³-hybridized carbons (Fsp3) is 0.412. The Balaban J connectivity index is 1.82. The fourth-order valence-corrected chi connectivity index (χ4v) is 2.46. The lowest BCUT2D eigenvalue weighted by Gasteiger charge is -2.33. The summed E-state index contributed by atoms with van der Waals surface area (Å²) in [6.45, 7) is 5.34. The third-order valence-corrected chi connectivity index (χ3v) is 3.74. The van der Waals surface area contributed by atoms with Gasteiger partial charge in [0, 0.05) is 44.4 Å². The lowest BCUT2D eigenvalue weighted by atomic mass is 10.2. The number of carbonyl (C=O) groups is 2. The first kappa shape index (κ1) is 17.1. The number of amides is 2. The van der Waals surface area contributed by atoms with Crippen molar-refractivity contribution in [3.8, 4) is 0 Å². The summed E-state index contributed by atoms with van der Waals surface area (Å²) in [4.78, 5) is 27.4. The van der Waals surface area contributed by atoms with Crippen LogP contribution in [-0.2, 0) is 9.59 Å². The third kappa shape index (κ3) is 5.17. The predicted molar refractivity (Wildman–Crippen MR) is 87.1 cm³/mol. The minimum absolute atomic E-state index is 0.00623. The summed E-state index contributed by atoms with van der Waals surface area (Å²) in [6.07, 6.45) is 2.90. The van der Waals surface area contributed by atoms with Crippen LogP contribution in [0.4, 0.5) is 4.39 Å². The first-order chi connectivity index (χ1) is 11.1. The van der Waals surface area contributed by atoms with E-state index >= 15 is 0 Å². The van der Waals surface area contributed by atoms with Crippen molar-refractivity contribution in [3.05, 3.63) is 41.7 Å². The molecular weight excluding hydrogens is 297 g/mol. The molecule has 1 fully saturated rings. The van der Waals surface area contributed by atoms with Crippen molar-refractivity contribution in [1.82, 2.24) is 15.1 Å². The van der Waals surface area contributed by atoms with E-state index < -0.39 is 0 Å². The minimum atomic E-state index is -0.344. The number of rotatable bonds is 5. The molecule has 0 saturated carbocycles. The molecule has 0 spiro atoms. The number of hydrogen-bond donors (Lipinski definition) is 1. The molecule has 2 rings (SSSR count). The molecule has 5 nitrogen and oxygen atoms in total. The second-order valence-corrected chi connectivity index (χ2v) is 5.41. The Morgan fingerprint density at radius 1 is 1.22 bits per heavy atom. The van der Waals surface area contributed by atoms with E-state index in [0.29, 0.717) is 44.8 Å². The highest BCUT2D eigenvalue weighted by Crippen LogP contribution is 2.09. The molecule has 1 N–H and O–H groups in total. The van der Waals surface area contributed by atoms with Crippen LogP contribution in [-0.4, -0.2) is 60.9 Å². The van der Waals surface area contributed by atoms with Crippen LogP contribution >= 0.6 is 0 Å². The molecule has 1 aromatic carbocycles. The van der Waals surface area contributed by atoms with Crippen molar-refractivity contribution < 1.29 is 14.0 Å². The van der Waals surface area contributed by atoms with Gasteiger partial charge in [-0.2, -0.15) is 0 Å². The Kier molecular flexibility index (Phi) is 6.29. The van der Waals surface area contributed by atoms with Gasteiger partial charge in [0.25, 0.3) is 0 Å². The number of benzene rings is 1. The van der Waals surface area contributed by atoms with E-state index in [1.807, 2.05) is 11.8 Å². The van der Waals surface area contributed by atoms with Crippen LogP contribution < -0.4 is 5.32 Å². The van der Waals surface area contributed by atoms with E-state index in [9.17, 15) is 14.0 Å². The van der Waals surface area contributed by atoms with Crippen molar-refractivity contribution in [2.45, 2.75) is 6.92 Å². The number of nitrogens with one attached hydrogen (secondary N) is 1. The number of likely N-dealkylation sites (N-methyl/N-ethyl adjacent to an activating group) is 1. The highest BCUT2D eigenvalue weighted by atomic mass is 19.1. The van der Waals surface area contributed by atoms with Crippen molar-refractivity contribution >= 4 is 17.9 Å². The number of piperazine rings is 1. The standard InChI is InChI=1S/C17H22FN3O2/c1-2-19-16(22)13-20-9-11-21(12-10-20)17(23)8-7-14-5-3-4-6-15(14)18/h3-8H,2,9-13H2,1H3,(H,19,22)/b8-7+. The molecule has 23 heavy (non-hydrogen) atoms. The Morgan fingerprint density at radius 3 is 2.57 bits per heavy atom. The topological polar surface area (TPSA) is 52.7 Å². The minimum Gasteiger partial charge on any atom is -0.355 e. The third-order valence-electron chi connectivity index (χ3n) is 3.74. The molecule has 1 aliphatic rings. The van der Waals surface area contributed by atoms with Crippen molar-refractivity contribution in [2.24, 2.45) is 0 Å². The summed E-state index contributed by atoms with van der Waals surface area (Å²) >= 11 is 0. The van der Waals surface area contributed by atoms with Gasteiger partial charge in [-0.25, -0.2) is 4.39 Å². The molecule has 2 amide bonds. The molecule has 0 atom stereocenters. The molecule has 0 aromatic heterocycles. The van der Waals surface area contributed by atoms with Crippen molar-refractivity contribution in [2.75, 3.05) is 39.3 Å².